The van der Waals surface area contributed by atoms with E-state index in [1.165, 1.54) is 6.33 Å². The van der Waals surface area contributed by atoms with Gasteiger partial charge in [0.2, 0.25) is 0 Å². The molecule has 0 fully saturated rings. The van der Waals surface area contributed by atoms with Gasteiger partial charge in [0.15, 0.2) is 0 Å². The second-order valence-electron chi connectivity index (χ2n) is 6.75. The number of fused-ring (bicyclic) bond motifs is 1. The van der Waals surface area contributed by atoms with Crippen LogP contribution in [0.1, 0.15) is 29.8 Å². The number of nitriles is 1. The van der Waals surface area contributed by atoms with E-state index in [1.807, 2.05) is 73.1 Å². The van der Waals surface area contributed by atoms with Crippen molar-refractivity contribution in [2.45, 2.75) is 19.9 Å². The Morgan fingerprint density at radius 1 is 1.21 bits per heavy atom. The molecule has 3 heterocycles. The summed E-state index contributed by atoms with van der Waals surface area (Å²) in [4.78, 5) is 21.4. The molecule has 4 rings (SSSR count). The van der Waals surface area contributed by atoms with E-state index in [9.17, 15) is 10.1 Å². The van der Waals surface area contributed by atoms with Gasteiger partial charge in [0, 0.05) is 18.1 Å². The summed E-state index contributed by atoms with van der Waals surface area (Å²) in [7, 11) is 0. The van der Waals surface area contributed by atoms with Crippen LogP contribution in [-0.4, -0.2) is 18.9 Å². The summed E-state index contributed by atoms with van der Waals surface area (Å²) in [5.74, 6) is 0.428. The van der Waals surface area contributed by atoms with Crippen molar-refractivity contribution in [3.8, 4) is 11.8 Å². The maximum absolute atomic E-state index is 13.4. The van der Waals surface area contributed by atoms with E-state index in [2.05, 4.69) is 15.3 Å². The summed E-state index contributed by atoms with van der Waals surface area (Å²) in [6, 6.07) is 13.0. The lowest BCUT2D eigenvalue weighted by Crippen LogP contribution is -2.27. The zero-order valence-corrected chi connectivity index (χ0v) is 16.0. The molecular formula is C21H19N7O. The van der Waals surface area contributed by atoms with E-state index in [0.29, 0.717) is 17.0 Å². The molecule has 0 aliphatic heterocycles. The molecule has 0 spiro atoms. The second-order valence-corrected chi connectivity index (χ2v) is 6.75. The highest BCUT2D eigenvalue weighted by atomic mass is 16.1. The largest absolute Gasteiger partial charge is 0.382 e. The Hall–Kier alpha value is -4.12. The van der Waals surface area contributed by atoms with Gasteiger partial charge >= 0.3 is 0 Å². The van der Waals surface area contributed by atoms with Gasteiger partial charge in [-0.1, -0.05) is 18.2 Å². The first-order valence-electron chi connectivity index (χ1n) is 9.07. The van der Waals surface area contributed by atoms with Crippen LogP contribution in [0.2, 0.25) is 0 Å². The highest BCUT2D eigenvalue weighted by molar-refractivity contribution is 5.63. The monoisotopic (exact) mass is 385 g/mol. The van der Waals surface area contributed by atoms with Crippen molar-refractivity contribution in [2.75, 3.05) is 11.1 Å². The first kappa shape index (κ1) is 18.3. The molecule has 4 aromatic rings. The molecule has 0 saturated heterocycles. The Balaban J connectivity index is 1.90. The smallest absolute Gasteiger partial charge is 0.279 e. The lowest BCUT2D eigenvalue weighted by Gasteiger charge is -2.21. The second kappa shape index (κ2) is 7.13. The van der Waals surface area contributed by atoms with E-state index in [4.69, 9.17) is 5.73 Å². The highest BCUT2D eigenvalue weighted by Crippen LogP contribution is 2.24. The van der Waals surface area contributed by atoms with Crippen LogP contribution in [0.4, 0.5) is 11.6 Å². The van der Waals surface area contributed by atoms with Crippen molar-refractivity contribution in [1.29, 1.82) is 5.26 Å². The average Bonchev–Trinajstić information content (AvgIpc) is 3.10. The van der Waals surface area contributed by atoms with Crippen LogP contribution in [0.3, 0.4) is 0 Å². The average molecular weight is 385 g/mol. The molecule has 1 atom stereocenters. The Morgan fingerprint density at radius 3 is 2.69 bits per heavy atom. The van der Waals surface area contributed by atoms with Crippen LogP contribution in [0, 0.1) is 18.3 Å². The van der Waals surface area contributed by atoms with Crippen LogP contribution >= 0.6 is 0 Å². The molecule has 0 saturated carbocycles. The molecule has 0 amide bonds. The molecule has 0 bridgehead atoms. The maximum Gasteiger partial charge on any atom is 0.279 e. The summed E-state index contributed by atoms with van der Waals surface area (Å²) in [6.45, 7) is 3.81. The molecule has 8 nitrogen and oxygen atoms in total. The number of nitrogens with one attached hydrogen (secondary N) is 1. The Labute approximate surface area is 166 Å². The topological polar surface area (TPSA) is 114 Å². The SMILES string of the molecule is Cc1ccn2cc(C(C)Nc3ncnc(N)c3C#N)n(-c3ccccc3)c(=O)c12. The Morgan fingerprint density at radius 2 is 1.97 bits per heavy atom. The van der Waals surface area contributed by atoms with Gasteiger partial charge < -0.3 is 15.5 Å². The van der Waals surface area contributed by atoms with Gasteiger partial charge in [-0.05, 0) is 37.6 Å². The molecule has 0 radical (unpaired) electrons. The molecular weight excluding hydrogens is 366 g/mol. The number of rotatable bonds is 4. The fraction of sp³-hybridized carbons (Fsp3) is 0.143. The summed E-state index contributed by atoms with van der Waals surface area (Å²) in [5, 5.41) is 12.6. The Kier molecular flexibility index (Phi) is 4.49. The van der Waals surface area contributed by atoms with Crippen molar-refractivity contribution in [1.82, 2.24) is 18.9 Å². The number of aryl methyl sites for hydroxylation is 1. The van der Waals surface area contributed by atoms with Crippen LogP contribution in [0.5, 0.6) is 0 Å². The summed E-state index contributed by atoms with van der Waals surface area (Å²) >= 11 is 0. The number of nitrogens with zero attached hydrogens (tertiary/aromatic N) is 5. The molecule has 3 aromatic heterocycles. The van der Waals surface area contributed by atoms with Crippen LogP contribution < -0.4 is 16.6 Å². The molecule has 1 aromatic carbocycles. The first-order valence-corrected chi connectivity index (χ1v) is 9.07. The van der Waals surface area contributed by atoms with Gasteiger partial charge in [-0.3, -0.25) is 9.36 Å². The molecule has 0 aliphatic carbocycles. The first-order chi connectivity index (χ1) is 14.0. The van der Waals surface area contributed by atoms with Crippen molar-refractivity contribution < 1.29 is 0 Å². The number of anilines is 2. The van der Waals surface area contributed by atoms with Crippen LogP contribution in [0.25, 0.3) is 11.2 Å². The normalized spacial score (nSPS) is 11.9. The third kappa shape index (κ3) is 3.08. The number of aromatic nitrogens is 4. The van der Waals surface area contributed by atoms with Gasteiger partial charge in [0.05, 0.1) is 11.7 Å². The number of benzene rings is 1. The standard InChI is InChI=1S/C21H19N7O/c1-13-8-9-27-11-17(14(2)26-20-16(10-22)19(23)24-12-25-20)28(21(29)18(13)27)15-6-4-3-5-7-15/h3-9,11-12,14H,1-2H3,(H3,23,24,25,26). The molecule has 8 heteroatoms. The fourth-order valence-electron chi connectivity index (χ4n) is 3.41. The van der Waals surface area contributed by atoms with Crippen LogP contribution in [-0.2, 0) is 0 Å². The quantitative estimate of drug-likeness (QED) is 0.558. The third-order valence-electron chi connectivity index (χ3n) is 4.85. The van der Waals surface area contributed by atoms with Gasteiger partial charge in [0.25, 0.3) is 5.56 Å². The molecule has 0 aliphatic rings. The number of para-hydroxylation sites is 1. The van der Waals surface area contributed by atoms with Gasteiger partial charge in [-0.2, -0.15) is 5.26 Å². The zero-order valence-electron chi connectivity index (χ0n) is 16.0. The summed E-state index contributed by atoms with van der Waals surface area (Å²) in [5.41, 5.74) is 8.84. The van der Waals surface area contributed by atoms with Gasteiger partial charge in [0.1, 0.15) is 35.1 Å². The Bertz CT molecular complexity index is 1300. The summed E-state index contributed by atoms with van der Waals surface area (Å²) < 4.78 is 3.50. The highest BCUT2D eigenvalue weighted by Gasteiger charge is 2.19. The third-order valence-corrected chi connectivity index (χ3v) is 4.85. The maximum atomic E-state index is 13.4. The predicted molar refractivity (Wildman–Crippen MR) is 111 cm³/mol. The predicted octanol–water partition coefficient (Wildman–Crippen LogP) is 2.82. The van der Waals surface area contributed by atoms with E-state index in [1.54, 1.807) is 4.57 Å². The number of hydrogen-bond acceptors (Lipinski definition) is 6. The molecule has 3 N–H and O–H groups in total. The van der Waals surface area contributed by atoms with Crippen molar-refractivity contribution in [3.63, 3.8) is 0 Å². The number of hydrogen-bond donors (Lipinski definition) is 2. The van der Waals surface area contributed by atoms with E-state index >= 15 is 0 Å². The number of nitrogen functional groups attached to an aromatic ring is 1. The van der Waals surface area contributed by atoms with E-state index < -0.39 is 0 Å². The van der Waals surface area contributed by atoms with Gasteiger partial charge in [-0.15, -0.1) is 0 Å². The van der Waals surface area contributed by atoms with Crippen molar-refractivity contribution >= 4 is 17.2 Å². The van der Waals surface area contributed by atoms with Gasteiger partial charge in [-0.25, -0.2) is 9.97 Å². The van der Waals surface area contributed by atoms with Crippen molar-refractivity contribution in [3.05, 3.63) is 82.3 Å². The lowest BCUT2D eigenvalue weighted by molar-refractivity contribution is 0.752. The minimum absolute atomic E-state index is 0.106. The van der Waals surface area contributed by atoms with Crippen molar-refractivity contribution in [2.24, 2.45) is 0 Å². The lowest BCUT2D eigenvalue weighted by atomic mass is 10.2. The fourth-order valence-corrected chi connectivity index (χ4v) is 3.41. The van der Waals surface area contributed by atoms with E-state index in [0.717, 1.165) is 11.3 Å². The molecule has 144 valence electrons. The molecule has 1 unspecified atom stereocenters. The minimum Gasteiger partial charge on any atom is -0.382 e. The zero-order chi connectivity index (χ0) is 20.5. The van der Waals surface area contributed by atoms with Crippen LogP contribution in [0.15, 0.2) is 59.9 Å². The molecule has 29 heavy (non-hydrogen) atoms. The minimum atomic E-state index is -0.351. The number of nitrogens with two attached hydrogens (primary N) is 1. The van der Waals surface area contributed by atoms with E-state index in [-0.39, 0.29) is 23.0 Å². The summed E-state index contributed by atoms with van der Waals surface area (Å²) in [6.07, 6.45) is 5.07.